The molecule has 0 bridgehead atoms. The molecule has 0 fully saturated rings. The van der Waals surface area contributed by atoms with Crippen molar-refractivity contribution in [2.75, 3.05) is 38.6 Å². The molecule has 2 amide bonds. The van der Waals surface area contributed by atoms with E-state index in [1.54, 1.807) is 4.90 Å². The number of hydrogen-bond donors (Lipinski definition) is 1. The number of para-hydroxylation sites is 1. The van der Waals surface area contributed by atoms with Crippen LogP contribution >= 0.6 is 0 Å². The lowest BCUT2D eigenvalue weighted by Gasteiger charge is -2.29. The van der Waals surface area contributed by atoms with Crippen LogP contribution in [-0.4, -0.2) is 60.3 Å². The van der Waals surface area contributed by atoms with E-state index in [9.17, 15) is 9.59 Å². The smallest absolute Gasteiger partial charge is 0.254 e. The molecule has 0 aliphatic rings. The van der Waals surface area contributed by atoms with E-state index in [-0.39, 0.29) is 24.3 Å². The fourth-order valence-electron chi connectivity index (χ4n) is 5.55. The van der Waals surface area contributed by atoms with E-state index in [2.05, 4.69) is 72.3 Å². The molecule has 226 valence electrons. The van der Waals surface area contributed by atoms with Gasteiger partial charge in [-0.2, -0.15) is 0 Å². The van der Waals surface area contributed by atoms with Crippen LogP contribution in [0, 0.1) is 5.92 Å². The Hall–Kier alpha value is -4.84. The van der Waals surface area contributed by atoms with Crippen molar-refractivity contribution in [2.24, 2.45) is 5.92 Å². The van der Waals surface area contributed by atoms with Crippen molar-refractivity contribution < 1.29 is 9.59 Å². The molecule has 0 unspecified atom stereocenters. The van der Waals surface area contributed by atoms with E-state index >= 15 is 0 Å². The van der Waals surface area contributed by atoms with Crippen LogP contribution in [0.15, 0.2) is 109 Å². The van der Waals surface area contributed by atoms with Gasteiger partial charge in [-0.1, -0.05) is 86.6 Å². The summed E-state index contributed by atoms with van der Waals surface area (Å²) >= 11 is 0. The van der Waals surface area contributed by atoms with Gasteiger partial charge in [0.15, 0.2) is 0 Å². The van der Waals surface area contributed by atoms with Gasteiger partial charge in [-0.3, -0.25) is 9.59 Å². The first-order valence-corrected chi connectivity index (χ1v) is 15.3. The number of carbonyl (C=O) groups is 2. The Balaban J connectivity index is 1.35. The monoisotopic (exact) mass is 586 g/mol. The summed E-state index contributed by atoms with van der Waals surface area (Å²) in [7, 11) is 4.03. The van der Waals surface area contributed by atoms with E-state index in [4.69, 9.17) is 0 Å². The molecule has 5 aromatic rings. The maximum Gasteiger partial charge on any atom is 0.254 e. The molecule has 1 aromatic heterocycles. The summed E-state index contributed by atoms with van der Waals surface area (Å²) in [5.74, 6) is 0.0311. The lowest BCUT2D eigenvalue weighted by molar-refractivity contribution is -0.132. The lowest BCUT2D eigenvalue weighted by Crippen LogP contribution is -2.44. The summed E-state index contributed by atoms with van der Waals surface area (Å²) in [6.45, 7) is 5.70. The predicted molar refractivity (Wildman–Crippen MR) is 181 cm³/mol. The molecule has 6 nitrogen and oxygen atoms in total. The number of nitrogens with zero attached hydrogens (tertiary/aromatic N) is 3. The van der Waals surface area contributed by atoms with Gasteiger partial charge in [0.05, 0.1) is 0 Å². The summed E-state index contributed by atoms with van der Waals surface area (Å²) in [5.41, 5.74) is 7.17. The molecular weight excluding hydrogens is 544 g/mol. The van der Waals surface area contributed by atoms with Gasteiger partial charge in [0.25, 0.3) is 5.91 Å². The molecule has 1 heterocycles. The van der Waals surface area contributed by atoms with Crippen molar-refractivity contribution >= 4 is 28.4 Å². The Labute approximate surface area is 260 Å². The third-order valence-electron chi connectivity index (χ3n) is 7.94. The zero-order chi connectivity index (χ0) is 31.1. The van der Waals surface area contributed by atoms with Crippen LogP contribution in [0.1, 0.15) is 35.3 Å². The molecule has 6 heteroatoms. The van der Waals surface area contributed by atoms with Crippen molar-refractivity contribution in [3.8, 4) is 11.1 Å². The molecule has 5 rings (SSSR count). The molecule has 0 aliphatic heterocycles. The highest BCUT2D eigenvalue weighted by atomic mass is 16.2. The van der Waals surface area contributed by atoms with Gasteiger partial charge in [-0.15, -0.1) is 0 Å². The van der Waals surface area contributed by atoms with Gasteiger partial charge in [0.2, 0.25) is 5.91 Å². The number of amides is 2. The van der Waals surface area contributed by atoms with E-state index in [1.165, 1.54) is 10.9 Å². The van der Waals surface area contributed by atoms with Crippen LogP contribution in [0.25, 0.3) is 22.0 Å². The van der Waals surface area contributed by atoms with E-state index in [1.807, 2.05) is 79.8 Å². The second-order valence-corrected chi connectivity index (χ2v) is 12.0. The zero-order valence-corrected chi connectivity index (χ0v) is 26.2. The number of H-pyrrole nitrogens is 1. The summed E-state index contributed by atoms with van der Waals surface area (Å²) < 4.78 is 0. The Kier molecular flexibility index (Phi) is 9.80. The van der Waals surface area contributed by atoms with E-state index in [0.29, 0.717) is 31.6 Å². The van der Waals surface area contributed by atoms with Gasteiger partial charge in [-0.25, -0.2) is 0 Å². The lowest BCUT2D eigenvalue weighted by atomic mass is 10.0. The molecular formula is C38H42N4O2. The number of fused-ring (bicyclic) bond motifs is 1. The highest BCUT2D eigenvalue weighted by Crippen LogP contribution is 2.22. The first kappa shape index (κ1) is 30.6. The number of rotatable bonds is 12. The molecule has 0 spiro atoms. The van der Waals surface area contributed by atoms with Crippen molar-refractivity contribution in [1.82, 2.24) is 14.8 Å². The van der Waals surface area contributed by atoms with Crippen LogP contribution < -0.4 is 4.90 Å². The average molecular weight is 587 g/mol. The zero-order valence-electron chi connectivity index (χ0n) is 26.2. The van der Waals surface area contributed by atoms with Crippen LogP contribution in [0.5, 0.6) is 0 Å². The minimum Gasteiger partial charge on any atom is -0.378 e. The molecule has 1 N–H and O–H groups in total. The summed E-state index contributed by atoms with van der Waals surface area (Å²) in [6.07, 6.45) is 2.75. The van der Waals surface area contributed by atoms with Crippen LogP contribution in [0.4, 0.5) is 5.69 Å². The second-order valence-electron chi connectivity index (χ2n) is 12.0. The average Bonchev–Trinajstić information content (AvgIpc) is 3.46. The highest BCUT2D eigenvalue weighted by molar-refractivity contribution is 5.97. The summed E-state index contributed by atoms with van der Waals surface area (Å²) in [4.78, 5) is 36.8. The van der Waals surface area contributed by atoms with E-state index in [0.717, 1.165) is 27.9 Å². The summed E-state index contributed by atoms with van der Waals surface area (Å²) in [6, 6.07) is 34.3. The third-order valence-corrected chi connectivity index (χ3v) is 7.94. The Morgan fingerprint density at radius 3 is 2.09 bits per heavy atom. The fraction of sp³-hybridized carbons (Fsp3) is 0.263. The minimum absolute atomic E-state index is 0.0289. The van der Waals surface area contributed by atoms with Crippen molar-refractivity contribution in [1.29, 1.82) is 0 Å². The van der Waals surface area contributed by atoms with Crippen LogP contribution in [-0.2, 0) is 17.8 Å². The highest BCUT2D eigenvalue weighted by Gasteiger charge is 2.24. The number of aromatic nitrogens is 1. The Bertz CT molecular complexity index is 1670. The van der Waals surface area contributed by atoms with Crippen molar-refractivity contribution in [3.05, 3.63) is 126 Å². The van der Waals surface area contributed by atoms with E-state index < -0.39 is 0 Å². The van der Waals surface area contributed by atoms with Gasteiger partial charge in [0, 0.05) is 62.1 Å². The number of hydrogen-bond acceptors (Lipinski definition) is 3. The first-order chi connectivity index (χ1) is 21.3. The number of nitrogens with one attached hydrogen (secondary N) is 1. The quantitative estimate of drug-likeness (QED) is 0.167. The normalized spacial score (nSPS) is 11.1. The molecule has 0 saturated carbocycles. The first-order valence-electron chi connectivity index (χ1n) is 15.3. The van der Waals surface area contributed by atoms with Crippen molar-refractivity contribution in [3.63, 3.8) is 0 Å². The predicted octanol–water partition coefficient (Wildman–Crippen LogP) is 7.27. The number of anilines is 1. The van der Waals surface area contributed by atoms with Crippen molar-refractivity contribution in [2.45, 2.75) is 26.8 Å². The maximum atomic E-state index is 14.0. The standard InChI is InChI=1S/C38H42N4O2/c1-28(2)25-42(38(44)32-18-16-31(17-19-32)30-10-6-5-7-11-30)27-37(43)41(26-29-14-20-34(21-15-29)40(3)4)23-22-33-24-39-36-13-9-8-12-35(33)36/h5-21,24,28,39H,22-23,25-27H2,1-4H3. The van der Waals surface area contributed by atoms with Gasteiger partial charge < -0.3 is 19.7 Å². The molecule has 0 saturated heterocycles. The minimum atomic E-state index is -0.126. The maximum absolute atomic E-state index is 14.0. The fourth-order valence-corrected chi connectivity index (χ4v) is 5.55. The van der Waals surface area contributed by atoms with Gasteiger partial charge in [-0.05, 0) is 64.9 Å². The van der Waals surface area contributed by atoms with Gasteiger partial charge in [0.1, 0.15) is 6.54 Å². The third kappa shape index (κ3) is 7.56. The molecule has 4 aromatic carbocycles. The number of carbonyl (C=O) groups excluding carboxylic acids is 2. The largest absolute Gasteiger partial charge is 0.378 e. The number of aromatic amines is 1. The molecule has 0 radical (unpaired) electrons. The van der Waals surface area contributed by atoms with Crippen LogP contribution in [0.2, 0.25) is 0 Å². The summed E-state index contributed by atoms with van der Waals surface area (Å²) in [5, 5.41) is 1.17. The molecule has 0 atom stereocenters. The molecule has 44 heavy (non-hydrogen) atoms. The Morgan fingerprint density at radius 1 is 0.750 bits per heavy atom. The Morgan fingerprint density at radius 2 is 1.41 bits per heavy atom. The second kappa shape index (κ2) is 14.1. The molecule has 0 aliphatic carbocycles. The SMILES string of the molecule is CC(C)CN(CC(=O)N(CCc1c[nH]c2ccccc12)Cc1ccc(N(C)C)cc1)C(=O)c1ccc(-c2ccccc2)cc1. The topological polar surface area (TPSA) is 59.7 Å². The number of benzene rings is 4. The van der Waals surface area contributed by atoms with Gasteiger partial charge >= 0.3 is 0 Å². The van der Waals surface area contributed by atoms with Crippen LogP contribution in [0.3, 0.4) is 0 Å².